The van der Waals surface area contributed by atoms with E-state index in [1.807, 2.05) is 12.1 Å². The zero-order chi connectivity index (χ0) is 12.6. The lowest BCUT2D eigenvalue weighted by Crippen LogP contribution is -2.00. The first kappa shape index (κ1) is 11.9. The van der Waals surface area contributed by atoms with Gasteiger partial charge in [-0.05, 0) is 25.0 Å². The Balaban J connectivity index is 1.84. The Labute approximate surface area is 118 Å². The second kappa shape index (κ2) is 4.49. The van der Waals surface area contributed by atoms with E-state index in [1.54, 1.807) is 11.3 Å². The lowest BCUT2D eigenvalue weighted by atomic mass is 10.1. The first-order valence-corrected chi connectivity index (χ1v) is 7.50. The summed E-state index contributed by atoms with van der Waals surface area (Å²) in [6, 6.07) is 10.6. The van der Waals surface area contributed by atoms with E-state index < -0.39 is 0 Å². The van der Waals surface area contributed by atoms with E-state index >= 15 is 0 Å². The van der Waals surface area contributed by atoms with Gasteiger partial charge in [-0.3, -0.25) is 0 Å². The molecule has 0 saturated heterocycles. The summed E-state index contributed by atoms with van der Waals surface area (Å²) in [5.41, 5.74) is 2.02. The van der Waals surface area contributed by atoms with Crippen molar-refractivity contribution in [3.8, 4) is 17.3 Å². The fourth-order valence-corrected chi connectivity index (χ4v) is 3.29. The van der Waals surface area contributed by atoms with Crippen LogP contribution >= 0.6 is 27.3 Å². The molecule has 18 heavy (non-hydrogen) atoms. The number of thiazole rings is 1. The predicted octanol–water partition coefficient (Wildman–Crippen LogP) is 4.42. The van der Waals surface area contributed by atoms with Crippen molar-refractivity contribution < 1.29 is 0 Å². The summed E-state index contributed by atoms with van der Waals surface area (Å²) in [4.78, 5) is 4.64. The van der Waals surface area contributed by atoms with Crippen molar-refractivity contribution in [2.45, 2.75) is 19.3 Å². The van der Waals surface area contributed by atoms with Gasteiger partial charge < -0.3 is 0 Å². The van der Waals surface area contributed by atoms with E-state index in [4.69, 9.17) is 5.26 Å². The van der Waals surface area contributed by atoms with Crippen molar-refractivity contribution in [2.24, 2.45) is 5.41 Å². The Morgan fingerprint density at radius 1 is 1.44 bits per heavy atom. The number of aromatic nitrogens is 1. The second-order valence-corrected chi connectivity index (χ2v) is 6.56. The lowest BCUT2D eigenvalue weighted by Gasteiger charge is -2.00. The normalized spacial score (nSPS) is 16.2. The molecule has 0 bridgehead atoms. The van der Waals surface area contributed by atoms with E-state index in [1.165, 1.54) is 0 Å². The zero-order valence-electron chi connectivity index (χ0n) is 9.69. The minimum absolute atomic E-state index is 0.105. The van der Waals surface area contributed by atoms with Crippen LogP contribution in [0.2, 0.25) is 0 Å². The first-order chi connectivity index (χ1) is 8.71. The molecule has 1 fully saturated rings. The molecule has 0 spiro atoms. The molecule has 1 saturated carbocycles. The van der Waals surface area contributed by atoms with E-state index in [2.05, 4.69) is 44.5 Å². The Morgan fingerprint density at radius 3 is 2.94 bits per heavy atom. The van der Waals surface area contributed by atoms with Gasteiger partial charge in [0.15, 0.2) is 0 Å². The van der Waals surface area contributed by atoms with Crippen LogP contribution in [-0.2, 0) is 6.42 Å². The van der Waals surface area contributed by atoms with Gasteiger partial charge in [-0.15, -0.1) is 11.3 Å². The molecule has 0 N–H and O–H groups in total. The van der Waals surface area contributed by atoms with Crippen molar-refractivity contribution in [3.05, 3.63) is 39.1 Å². The van der Waals surface area contributed by atoms with E-state index in [-0.39, 0.29) is 5.41 Å². The average molecular weight is 319 g/mol. The topological polar surface area (TPSA) is 36.7 Å². The fraction of sp³-hybridized carbons (Fsp3) is 0.286. The van der Waals surface area contributed by atoms with Crippen molar-refractivity contribution in [1.29, 1.82) is 5.26 Å². The standard InChI is InChI=1S/C14H11BrN2S/c15-11-3-1-2-10(6-11)12-8-18-13(17-12)7-14(9-16)4-5-14/h1-3,6,8H,4-5,7H2. The number of nitriles is 1. The predicted molar refractivity (Wildman–Crippen MR) is 76.2 cm³/mol. The van der Waals surface area contributed by atoms with Crippen LogP contribution in [0.4, 0.5) is 0 Å². The van der Waals surface area contributed by atoms with Crippen LogP contribution in [0.3, 0.4) is 0 Å². The molecule has 0 atom stereocenters. The van der Waals surface area contributed by atoms with Crippen molar-refractivity contribution >= 4 is 27.3 Å². The van der Waals surface area contributed by atoms with E-state index in [0.29, 0.717) is 0 Å². The van der Waals surface area contributed by atoms with Crippen LogP contribution in [0, 0.1) is 16.7 Å². The third-order valence-corrected chi connectivity index (χ3v) is 4.59. The largest absolute Gasteiger partial charge is 0.241 e. The minimum Gasteiger partial charge on any atom is -0.241 e. The maximum absolute atomic E-state index is 9.10. The molecule has 1 aromatic carbocycles. The van der Waals surface area contributed by atoms with Crippen LogP contribution in [0.25, 0.3) is 11.3 Å². The monoisotopic (exact) mass is 318 g/mol. The summed E-state index contributed by atoms with van der Waals surface area (Å²) in [5.74, 6) is 0. The van der Waals surface area contributed by atoms with Crippen LogP contribution in [-0.4, -0.2) is 4.98 Å². The SMILES string of the molecule is N#CC1(Cc2nc(-c3cccc(Br)c3)cs2)CC1. The molecule has 0 amide bonds. The van der Waals surface area contributed by atoms with Crippen LogP contribution in [0.15, 0.2) is 34.1 Å². The molecule has 4 heteroatoms. The third kappa shape index (κ3) is 2.33. The van der Waals surface area contributed by atoms with Gasteiger partial charge in [0.2, 0.25) is 0 Å². The Bertz CT molecular complexity index is 623. The summed E-state index contributed by atoms with van der Waals surface area (Å²) in [6.45, 7) is 0. The fourth-order valence-electron chi connectivity index (χ4n) is 1.94. The molecule has 0 radical (unpaired) electrons. The van der Waals surface area contributed by atoms with Crippen LogP contribution < -0.4 is 0 Å². The van der Waals surface area contributed by atoms with Gasteiger partial charge in [0, 0.05) is 21.8 Å². The van der Waals surface area contributed by atoms with Crippen molar-refractivity contribution in [1.82, 2.24) is 4.98 Å². The molecule has 1 aromatic heterocycles. The molecule has 1 aliphatic carbocycles. The smallest absolute Gasteiger partial charge is 0.0948 e. The van der Waals surface area contributed by atoms with Gasteiger partial charge in [0.05, 0.1) is 22.2 Å². The van der Waals surface area contributed by atoms with Gasteiger partial charge >= 0.3 is 0 Å². The number of nitrogens with zero attached hydrogens (tertiary/aromatic N) is 2. The molecule has 3 rings (SSSR count). The molecule has 1 aliphatic rings. The quantitative estimate of drug-likeness (QED) is 0.840. The van der Waals surface area contributed by atoms with Gasteiger partial charge in [0.1, 0.15) is 0 Å². The molecular weight excluding hydrogens is 308 g/mol. The Kier molecular flexibility index (Phi) is 2.96. The Hall–Kier alpha value is -1.18. The van der Waals surface area contributed by atoms with Gasteiger partial charge in [0.25, 0.3) is 0 Å². The average Bonchev–Trinajstić information content (AvgIpc) is 2.99. The minimum atomic E-state index is -0.105. The lowest BCUT2D eigenvalue weighted by molar-refractivity contribution is 0.662. The summed E-state index contributed by atoms with van der Waals surface area (Å²) >= 11 is 5.12. The van der Waals surface area contributed by atoms with E-state index in [0.717, 1.165) is 40.0 Å². The van der Waals surface area contributed by atoms with Gasteiger partial charge in [-0.25, -0.2) is 4.98 Å². The highest BCUT2D eigenvalue weighted by atomic mass is 79.9. The van der Waals surface area contributed by atoms with Crippen molar-refractivity contribution in [3.63, 3.8) is 0 Å². The second-order valence-electron chi connectivity index (χ2n) is 4.71. The third-order valence-electron chi connectivity index (χ3n) is 3.25. The maximum Gasteiger partial charge on any atom is 0.0948 e. The highest BCUT2D eigenvalue weighted by Crippen LogP contribution is 2.48. The molecule has 90 valence electrons. The zero-order valence-corrected chi connectivity index (χ0v) is 12.1. The number of rotatable bonds is 3. The van der Waals surface area contributed by atoms with Gasteiger partial charge in [-0.1, -0.05) is 28.1 Å². The summed E-state index contributed by atoms with van der Waals surface area (Å²) in [7, 11) is 0. The molecule has 1 heterocycles. The van der Waals surface area contributed by atoms with E-state index in [9.17, 15) is 0 Å². The molecule has 2 nitrogen and oxygen atoms in total. The first-order valence-electron chi connectivity index (χ1n) is 5.82. The van der Waals surface area contributed by atoms with Gasteiger partial charge in [-0.2, -0.15) is 5.26 Å². The molecule has 0 aliphatic heterocycles. The van der Waals surface area contributed by atoms with Crippen molar-refractivity contribution in [2.75, 3.05) is 0 Å². The maximum atomic E-state index is 9.10. The highest BCUT2D eigenvalue weighted by molar-refractivity contribution is 9.10. The summed E-state index contributed by atoms with van der Waals surface area (Å²) in [6.07, 6.45) is 2.85. The number of hydrogen-bond donors (Lipinski definition) is 0. The Morgan fingerprint density at radius 2 is 2.28 bits per heavy atom. The number of hydrogen-bond acceptors (Lipinski definition) is 3. The number of halogens is 1. The molecular formula is C14H11BrN2S. The molecule has 2 aromatic rings. The van der Waals surface area contributed by atoms with Crippen LogP contribution in [0.5, 0.6) is 0 Å². The molecule has 0 unspecified atom stereocenters. The highest BCUT2D eigenvalue weighted by Gasteiger charge is 2.43. The summed E-state index contributed by atoms with van der Waals surface area (Å²) < 4.78 is 1.06. The number of benzene rings is 1. The van der Waals surface area contributed by atoms with Crippen LogP contribution in [0.1, 0.15) is 17.8 Å². The summed E-state index contributed by atoms with van der Waals surface area (Å²) in [5, 5.41) is 12.2.